The van der Waals surface area contributed by atoms with Crippen LogP contribution >= 0.6 is 11.3 Å². The quantitative estimate of drug-likeness (QED) is 0.200. The van der Waals surface area contributed by atoms with Crippen molar-refractivity contribution in [1.29, 1.82) is 0 Å². The number of benzene rings is 1. The number of thiophene rings is 1. The summed E-state index contributed by atoms with van der Waals surface area (Å²) in [5.41, 5.74) is -3.17. The normalized spacial score (nSPS) is 21.9. The first-order valence-corrected chi connectivity index (χ1v) is 19.4. The summed E-state index contributed by atoms with van der Waals surface area (Å²) in [7, 11) is -3.99. The molecule has 13 nitrogen and oxygen atoms in total. The second-order valence-electron chi connectivity index (χ2n) is 14.6. The molecule has 0 amide bonds. The number of Topliss-reactive ketones (excluding diaryl/α,β-unsaturated/α-hetero) is 1. The van der Waals surface area contributed by atoms with Gasteiger partial charge in [-0.1, -0.05) is 11.3 Å². The Hall–Kier alpha value is -3.87. The average Bonchev–Trinajstić information content (AvgIpc) is 3.33. The van der Waals surface area contributed by atoms with Crippen molar-refractivity contribution in [2.45, 2.75) is 114 Å². The monoisotopic (exact) mass is 765 g/mol. The number of alkyl halides is 2. The van der Waals surface area contributed by atoms with Crippen molar-refractivity contribution in [1.82, 2.24) is 24.1 Å². The lowest BCUT2D eigenvalue weighted by Crippen LogP contribution is -2.51. The SMILES string of the molecule is Cc1c(-n2nccn2)sc2c1c(=O)n(C1(C(=O)CS(=O)(=O)C(C)(C)C)CC1)c(=O)n2C[C@H](OC1C[C@H]2CC[C@@H](C1)O2)c1cc(F)ccc1OC(F)F. The number of ether oxygens (including phenoxy) is 3. The highest BCUT2D eigenvalue weighted by atomic mass is 32.2. The van der Waals surface area contributed by atoms with Crippen LogP contribution in [0.2, 0.25) is 0 Å². The summed E-state index contributed by atoms with van der Waals surface area (Å²) in [5.74, 6) is -2.81. The van der Waals surface area contributed by atoms with Gasteiger partial charge in [0.05, 0.1) is 47.4 Å². The summed E-state index contributed by atoms with van der Waals surface area (Å²) >= 11 is 1.02. The number of fused-ring (bicyclic) bond motifs is 3. The van der Waals surface area contributed by atoms with Gasteiger partial charge in [0.2, 0.25) is 0 Å². The molecule has 3 fully saturated rings. The molecular weight excluding hydrogens is 728 g/mol. The van der Waals surface area contributed by atoms with Gasteiger partial charge in [-0.3, -0.25) is 14.2 Å². The van der Waals surface area contributed by atoms with Gasteiger partial charge in [0.25, 0.3) is 5.56 Å². The van der Waals surface area contributed by atoms with Crippen molar-refractivity contribution >= 4 is 37.2 Å². The van der Waals surface area contributed by atoms with Crippen molar-refractivity contribution in [3.8, 4) is 10.8 Å². The third-order valence-corrected chi connectivity index (χ3v) is 14.0. The number of halogens is 3. The van der Waals surface area contributed by atoms with E-state index in [1.165, 1.54) is 42.5 Å². The summed E-state index contributed by atoms with van der Waals surface area (Å²) < 4.78 is 86.6. The molecule has 52 heavy (non-hydrogen) atoms. The minimum atomic E-state index is -3.99. The van der Waals surface area contributed by atoms with Gasteiger partial charge < -0.3 is 14.2 Å². The highest BCUT2D eigenvalue weighted by Gasteiger charge is 2.55. The summed E-state index contributed by atoms with van der Waals surface area (Å²) in [6.45, 7) is 2.35. The number of rotatable bonds is 12. The van der Waals surface area contributed by atoms with Gasteiger partial charge in [0.1, 0.15) is 38.8 Å². The topological polar surface area (TPSA) is 154 Å². The van der Waals surface area contributed by atoms with Crippen LogP contribution < -0.4 is 16.0 Å². The Morgan fingerprint density at radius 1 is 1.12 bits per heavy atom. The molecule has 1 saturated carbocycles. The zero-order valence-electron chi connectivity index (χ0n) is 28.9. The van der Waals surface area contributed by atoms with Crippen LogP contribution in [-0.4, -0.2) is 73.8 Å². The van der Waals surface area contributed by atoms with E-state index in [1.807, 2.05) is 0 Å². The molecule has 4 atom stereocenters. The van der Waals surface area contributed by atoms with Gasteiger partial charge in [0.15, 0.2) is 15.6 Å². The number of ketones is 1. The average molecular weight is 766 g/mol. The summed E-state index contributed by atoms with van der Waals surface area (Å²) in [6.07, 6.45) is 3.66. The zero-order valence-corrected chi connectivity index (χ0v) is 30.5. The number of hydrogen-bond donors (Lipinski definition) is 0. The molecule has 7 rings (SSSR count). The second kappa shape index (κ2) is 13.2. The predicted molar refractivity (Wildman–Crippen MR) is 184 cm³/mol. The number of hydrogen-bond acceptors (Lipinski definition) is 11. The van der Waals surface area contributed by atoms with Crippen LogP contribution in [0.3, 0.4) is 0 Å². The molecule has 2 bridgehead atoms. The van der Waals surface area contributed by atoms with Gasteiger partial charge in [0, 0.05) is 11.1 Å². The van der Waals surface area contributed by atoms with Gasteiger partial charge >= 0.3 is 12.3 Å². The van der Waals surface area contributed by atoms with E-state index < -0.39 is 74.1 Å². The number of carbonyl (C=O) groups is 1. The zero-order chi connectivity index (χ0) is 37.3. The molecule has 18 heteroatoms. The van der Waals surface area contributed by atoms with Crippen LogP contribution in [0.1, 0.15) is 76.5 Å². The molecule has 0 N–H and O–H groups in total. The first-order chi connectivity index (χ1) is 24.5. The first kappa shape index (κ1) is 36.5. The second-order valence-corrected chi connectivity index (χ2v) is 18.3. The fourth-order valence-electron chi connectivity index (χ4n) is 7.16. The van der Waals surface area contributed by atoms with E-state index in [0.717, 1.165) is 46.9 Å². The molecular formula is C34H38F3N5O8S2. The Kier molecular flexibility index (Phi) is 9.27. The third kappa shape index (κ3) is 6.51. The molecule has 0 spiro atoms. The van der Waals surface area contributed by atoms with Gasteiger partial charge in [-0.15, -0.1) is 4.80 Å². The Morgan fingerprint density at radius 2 is 1.77 bits per heavy atom. The number of carbonyl (C=O) groups excluding carboxylic acids is 1. The van der Waals surface area contributed by atoms with Crippen molar-refractivity contribution in [3.63, 3.8) is 0 Å². The lowest BCUT2D eigenvalue weighted by atomic mass is 10.0. The number of sulfone groups is 1. The lowest BCUT2D eigenvalue weighted by Gasteiger charge is -2.32. The minimum absolute atomic E-state index is 0.0456. The number of nitrogens with zero attached hydrogens (tertiary/aromatic N) is 5. The summed E-state index contributed by atoms with van der Waals surface area (Å²) in [4.78, 5) is 44.5. The van der Waals surface area contributed by atoms with E-state index in [-0.39, 0.29) is 46.6 Å². The van der Waals surface area contributed by atoms with E-state index in [2.05, 4.69) is 10.2 Å². The van der Waals surface area contributed by atoms with Crippen molar-refractivity contribution in [2.75, 3.05) is 5.75 Å². The lowest BCUT2D eigenvalue weighted by molar-refractivity contribution is -0.121. The standard InChI is InChI=1S/C34H38F3N5O8S2/c1-18-27-28(44)41(34(9-10-34)26(43)17-52(46,47)33(2,3)4)32(45)40(30(27)51-29(18)42-38-11-12-39-42)16-25(49-22-14-20-6-7-21(15-22)48-20)23-13-19(35)5-8-24(23)50-31(36)37/h5,8,11-13,20-22,25,31H,6-7,9-10,14-17H2,1-4H3/t20-,21+,22?,25-/m0/s1. The predicted octanol–water partition coefficient (Wildman–Crippen LogP) is 4.59. The molecule has 3 aromatic heterocycles. The Balaban J connectivity index is 1.42. The number of aryl methyl sites for hydroxylation is 1. The maximum atomic E-state index is 14.9. The molecule has 280 valence electrons. The summed E-state index contributed by atoms with van der Waals surface area (Å²) in [5, 5.41) is 8.82. The Morgan fingerprint density at radius 3 is 2.37 bits per heavy atom. The van der Waals surface area contributed by atoms with Crippen LogP contribution in [-0.2, 0) is 36.2 Å². The fourth-order valence-corrected chi connectivity index (χ4v) is 9.43. The molecule has 1 aliphatic carbocycles. The van der Waals surface area contributed by atoms with Crippen LogP contribution in [0.25, 0.3) is 15.2 Å². The van der Waals surface area contributed by atoms with E-state index in [0.29, 0.717) is 23.4 Å². The Bertz CT molecular complexity index is 2250. The fraction of sp³-hybridized carbons (Fsp3) is 0.559. The highest BCUT2D eigenvalue weighted by Crippen LogP contribution is 2.45. The molecule has 2 saturated heterocycles. The van der Waals surface area contributed by atoms with Crippen molar-refractivity contribution in [2.24, 2.45) is 0 Å². The van der Waals surface area contributed by atoms with E-state index >= 15 is 0 Å². The molecule has 1 unspecified atom stereocenters. The molecule has 5 heterocycles. The van der Waals surface area contributed by atoms with Crippen LogP contribution in [0, 0.1) is 12.7 Å². The molecule has 4 aromatic rings. The first-order valence-electron chi connectivity index (χ1n) is 17.0. The van der Waals surface area contributed by atoms with Gasteiger partial charge in [-0.2, -0.15) is 19.0 Å². The minimum Gasteiger partial charge on any atom is -0.434 e. The Labute approximate surface area is 300 Å². The largest absolute Gasteiger partial charge is 0.434 e. The van der Waals surface area contributed by atoms with E-state index in [9.17, 15) is 36.0 Å². The van der Waals surface area contributed by atoms with E-state index in [1.54, 1.807) is 6.92 Å². The molecule has 3 aliphatic rings. The van der Waals surface area contributed by atoms with E-state index in [4.69, 9.17) is 14.2 Å². The maximum absolute atomic E-state index is 14.9. The smallest absolute Gasteiger partial charge is 0.387 e. The number of aromatic nitrogens is 5. The molecule has 0 radical (unpaired) electrons. The van der Waals surface area contributed by atoms with Gasteiger partial charge in [-0.25, -0.2) is 22.2 Å². The molecule has 1 aromatic carbocycles. The van der Waals surface area contributed by atoms with Crippen LogP contribution in [0.5, 0.6) is 5.75 Å². The van der Waals surface area contributed by atoms with Gasteiger partial charge in [-0.05, 0) is 84.4 Å². The highest BCUT2D eigenvalue weighted by molar-refractivity contribution is 7.93. The van der Waals surface area contributed by atoms with Crippen molar-refractivity contribution < 1.29 is 40.6 Å². The van der Waals surface area contributed by atoms with Crippen LogP contribution in [0.15, 0.2) is 40.2 Å². The van der Waals surface area contributed by atoms with Crippen molar-refractivity contribution in [3.05, 3.63) is 68.4 Å². The maximum Gasteiger partial charge on any atom is 0.387 e. The summed E-state index contributed by atoms with van der Waals surface area (Å²) in [6, 6.07) is 3.04. The van der Waals surface area contributed by atoms with Crippen LogP contribution in [0.4, 0.5) is 13.2 Å². The molecule has 2 aliphatic heterocycles. The third-order valence-electron chi connectivity index (χ3n) is 10.2.